The van der Waals surface area contributed by atoms with E-state index < -0.39 is 39.3 Å². The summed E-state index contributed by atoms with van der Waals surface area (Å²) in [4.78, 5) is 27.0. The van der Waals surface area contributed by atoms with E-state index in [0.717, 1.165) is 38.6 Å². The Morgan fingerprint density at radius 1 is 0.915 bits per heavy atom. The molecule has 256 valence electrons. The Kier molecular flexibility index (Phi) is 9.82. The van der Waals surface area contributed by atoms with Gasteiger partial charge in [0.25, 0.3) is 11.5 Å². The summed E-state index contributed by atoms with van der Waals surface area (Å²) < 4.78 is 75.1. The molecule has 0 radical (unpaired) electrons. The molecular formula is C33H44F3N7O3S. The number of pyridine rings is 1. The molecule has 0 spiro atoms. The van der Waals surface area contributed by atoms with Gasteiger partial charge in [-0.05, 0) is 58.3 Å². The number of benzene rings is 1. The van der Waals surface area contributed by atoms with Crippen molar-refractivity contribution in [3.8, 4) is 0 Å². The lowest BCUT2D eigenvalue weighted by atomic mass is 9.85. The Labute approximate surface area is 274 Å². The van der Waals surface area contributed by atoms with Crippen molar-refractivity contribution in [2.24, 2.45) is 5.92 Å². The van der Waals surface area contributed by atoms with Crippen molar-refractivity contribution in [1.82, 2.24) is 23.7 Å². The second-order valence-corrected chi connectivity index (χ2v) is 15.2. The van der Waals surface area contributed by atoms with E-state index >= 15 is 13.2 Å². The first kappa shape index (κ1) is 33.7. The van der Waals surface area contributed by atoms with Gasteiger partial charge in [-0.3, -0.25) is 9.36 Å². The van der Waals surface area contributed by atoms with Crippen LogP contribution in [0.1, 0.15) is 69.0 Å². The summed E-state index contributed by atoms with van der Waals surface area (Å²) in [7, 11) is -3.36. The minimum absolute atomic E-state index is 0.0997. The molecule has 2 aromatic heterocycles. The molecule has 4 aliphatic heterocycles. The highest BCUT2D eigenvalue weighted by molar-refractivity contribution is 7.88. The molecule has 47 heavy (non-hydrogen) atoms. The van der Waals surface area contributed by atoms with Gasteiger partial charge < -0.3 is 15.1 Å². The largest absolute Gasteiger partial charge is 0.364 e. The molecule has 10 nitrogen and oxygen atoms in total. The maximum Gasteiger partial charge on any atom is 0.278 e. The lowest BCUT2D eigenvalue weighted by Crippen LogP contribution is -2.50. The minimum Gasteiger partial charge on any atom is -0.364 e. The summed E-state index contributed by atoms with van der Waals surface area (Å²) in [5.41, 5.74) is 0.139. The zero-order valence-corrected chi connectivity index (χ0v) is 27.9. The number of halogens is 3. The molecule has 4 aliphatic rings. The van der Waals surface area contributed by atoms with Crippen LogP contribution in [0.3, 0.4) is 0 Å². The average Bonchev–Trinajstić information content (AvgIpc) is 3.04. The van der Waals surface area contributed by atoms with Gasteiger partial charge in [-0.25, -0.2) is 31.6 Å². The van der Waals surface area contributed by atoms with Crippen LogP contribution in [0.15, 0.2) is 35.4 Å². The molecule has 8 bridgehead atoms. The number of fused-ring (bicyclic) bond motifs is 9. The van der Waals surface area contributed by atoms with Crippen molar-refractivity contribution in [3.05, 3.63) is 57.9 Å². The van der Waals surface area contributed by atoms with Crippen LogP contribution in [0.25, 0.3) is 11.0 Å². The monoisotopic (exact) mass is 675 g/mol. The zero-order valence-electron chi connectivity index (χ0n) is 27.1. The number of nitrogens with one attached hydrogen (secondary N) is 1. The summed E-state index contributed by atoms with van der Waals surface area (Å²) in [6.45, 7) is 5.32. The first-order chi connectivity index (χ1) is 22.4. The Morgan fingerprint density at radius 2 is 1.60 bits per heavy atom. The van der Waals surface area contributed by atoms with Gasteiger partial charge in [-0.1, -0.05) is 37.5 Å². The van der Waals surface area contributed by atoms with E-state index in [1.54, 1.807) is 17.6 Å². The highest BCUT2D eigenvalue weighted by Gasteiger charge is 2.45. The highest BCUT2D eigenvalue weighted by Crippen LogP contribution is 2.44. The Morgan fingerprint density at radius 3 is 2.30 bits per heavy atom. The molecule has 3 aromatic rings. The number of piperidine rings is 1. The smallest absolute Gasteiger partial charge is 0.278 e. The van der Waals surface area contributed by atoms with Crippen molar-refractivity contribution in [2.45, 2.75) is 70.4 Å². The molecule has 0 saturated carbocycles. The van der Waals surface area contributed by atoms with E-state index in [4.69, 9.17) is 0 Å². The average molecular weight is 676 g/mol. The van der Waals surface area contributed by atoms with Crippen molar-refractivity contribution in [1.29, 1.82) is 0 Å². The number of nitrogens with zero attached hydrogens (tertiary/aromatic N) is 6. The molecule has 0 aliphatic carbocycles. The first-order valence-corrected chi connectivity index (χ1v) is 18.5. The predicted molar refractivity (Wildman–Crippen MR) is 177 cm³/mol. The van der Waals surface area contributed by atoms with E-state index in [1.165, 1.54) is 35.1 Å². The molecule has 2 fully saturated rings. The van der Waals surface area contributed by atoms with Crippen molar-refractivity contribution >= 4 is 32.6 Å². The van der Waals surface area contributed by atoms with Gasteiger partial charge in [0.05, 0.1) is 23.2 Å². The summed E-state index contributed by atoms with van der Waals surface area (Å²) in [6.07, 6.45) is 7.81. The van der Waals surface area contributed by atoms with Crippen LogP contribution in [-0.4, -0.2) is 84.2 Å². The maximum absolute atomic E-state index is 16.0. The summed E-state index contributed by atoms with van der Waals surface area (Å²) in [5.74, 6) is -4.81. The van der Waals surface area contributed by atoms with Crippen molar-refractivity contribution in [3.63, 3.8) is 0 Å². The van der Waals surface area contributed by atoms with Crippen LogP contribution in [0.5, 0.6) is 0 Å². The Bertz CT molecular complexity index is 1750. The number of sulfonamides is 1. The molecule has 14 heteroatoms. The van der Waals surface area contributed by atoms with Gasteiger partial charge >= 0.3 is 0 Å². The molecule has 1 aromatic carbocycles. The number of aryl methyl sites for hydroxylation is 1. The molecule has 1 atom stereocenters. The number of anilines is 2. The Hall–Kier alpha value is -3.23. The predicted octanol–water partition coefficient (Wildman–Crippen LogP) is 4.95. The number of aromatic nitrogens is 3. The van der Waals surface area contributed by atoms with E-state index in [-0.39, 0.29) is 24.2 Å². The van der Waals surface area contributed by atoms with E-state index in [1.807, 2.05) is 4.90 Å². The van der Waals surface area contributed by atoms with E-state index in [2.05, 4.69) is 20.2 Å². The van der Waals surface area contributed by atoms with E-state index in [0.29, 0.717) is 68.1 Å². The first-order valence-electron chi connectivity index (χ1n) is 16.7. The van der Waals surface area contributed by atoms with Gasteiger partial charge in [0.1, 0.15) is 29.3 Å². The lowest BCUT2D eigenvalue weighted by Gasteiger charge is -2.36. The number of alkyl halides is 2. The highest BCUT2D eigenvalue weighted by atomic mass is 32.2. The quantitative estimate of drug-likeness (QED) is 0.407. The van der Waals surface area contributed by atoms with Gasteiger partial charge in [-0.2, -0.15) is 4.31 Å². The molecule has 7 rings (SSSR count). The van der Waals surface area contributed by atoms with Crippen LogP contribution < -0.4 is 15.8 Å². The van der Waals surface area contributed by atoms with Crippen LogP contribution in [0.4, 0.5) is 24.7 Å². The fraction of sp³-hybridized carbons (Fsp3) is 0.606. The van der Waals surface area contributed by atoms with Crippen LogP contribution in [0.2, 0.25) is 0 Å². The third-order valence-corrected chi connectivity index (χ3v) is 11.4. The molecule has 1 N–H and O–H groups in total. The normalized spacial score (nSPS) is 25.0. The SMILES string of the molecule is C[C@H]1Nc2ncnc3c2cc(N2CCN(S(C)(=O)=O)CC2)c(=O)n3CCCCCCCN2CCC(CC2)C(F)(F)c2cccc1c2F. The van der Waals surface area contributed by atoms with Gasteiger partial charge in [0, 0.05) is 44.2 Å². The maximum atomic E-state index is 16.0. The third kappa shape index (κ3) is 7.00. The van der Waals surface area contributed by atoms with Crippen molar-refractivity contribution in [2.75, 3.05) is 62.3 Å². The molecule has 0 unspecified atom stereocenters. The zero-order chi connectivity index (χ0) is 33.3. The Balaban J connectivity index is 1.39. The summed E-state index contributed by atoms with van der Waals surface area (Å²) in [5, 5.41) is 3.77. The van der Waals surface area contributed by atoms with Crippen LogP contribution >= 0.6 is 0 Å². The second kappa shape index (κ2) is 13.7. The minimum atomic E-state index is -3.36. The van der Waals surface area contributed by atoms with Gasteiger partial charge in [-0.15, -0.1) is 0 Å². The van der Waals surface area contributed by atoms with Gasteiger partial charge in [0.2, 0.25) is 10.0 Å². The van der Waals surface area contributed by atoms with Gasteiger partial charge in [0.15, 0.2) is 0 Å². The topological polar surface area (TPSA) is 104 Å². The fourth-order valence-corrected chi connectivity index (χ4v) is 8.10. The number of hydrogen-bond acceptors (Lipinski definition) is 8. The van der Waals surface area contributed by atoms with Crippen molar-refractivity contribution < 1.29 is 21.6 Å². The molecule has 0 amide bonds. The van der Waals surface area contributed by atoms with Crippen LogP contribution in [-0.2, 0) is 22.5 Å². The number of piperazine rings is 1. The molecular weight excluding hydrogens is 631 g/mol. The van der Waals surface area contributed by atoms with E-state index in [9.17, 15) is 13.2 Å². The third-order valence-electron chi connectivity index (χ3n) is 10.1. The summed E-state index contributed by atoms with van der Waals surface area (Å²) >= 11 is 0. The van der Waals surface area contributed by atoms with Crippen LogP contribution in [0, 0.1) is 11.7 Å². The lowest BCUT2D eigenvalue weighted by molar-refractivity contribution is -0.0880. The molecule has 6 heterocycles. The fourth-order valence-electron chi connectivity index (χ4n) is 7.28. The standard InChI is InChI=1S/C33H44F3N7O3S/c1-23-25-9-8-10-27(29(25)34)33(35,36)24-11-15-40(16-12-24)13-6-4-3-5-7-14-43-31-26(30(39-23)37-22-38-31)21-28(32(43)44)41-17-19-42(20-18-41)47(2,45)46/h8-10,21-24H,3-7,11-20H2,1-2H3,(H,37,38,39)/t23-/m1/s1. The molecule has 2 saturated heterocycles. The number of hydrogen-bond donors (Lipinski definition) is 1. The second-order valence-electron chi connectivity index (χ2n) is 13.2. The number of rotatable bonds is 2. The summed E-state index contributed by atoms with van der Waals surface area (Å²) in [6, 6.07) is 5.16.